The van der Waals surface area contributed by atoms with Crippen LogP contribution in [-0.4, -0.2) is 38.4 Å². The molecule has 0 bridgehead atoms. The fourth-order valence-electron chi connectivity index (χ4n) is 1.08. The molecular formula is C8H14N4O2S. The topological polar surface area (TPSA) is 90.0 Å². The number of carbonyl (C=O) groups excluding carboxylic acids is 1. The lowest BCUT2D eigenvalue weighted by Gasteiger charge is -2.01. The van der Waals surface area contributed by atoms with Crippen LogP contribution in [0.3, 0.4) is 0 Å². The Bertz CT molecular complexity index is 388. The standard InChI is InChI=1S/C8H14N4O2S/c1-12-5-6(9)7(11-12)8(13)10-3-4-15(2)14/h5H,3-4,9H2,1-2H3,(H,10,13). The van der Waals surface area contributed by atoms with Crippen LogP contribution in [0.25, 0.3) is 0 Å². The minimum Gasteiger partial charge on any atom is -0.396 e. The third-order valence-corrected chi connectivity index (χ3v) is 2.53. The summed E-state index contributed by atoms with van der Waals surface area (Å²) in [7, 11) is 0.779. The molecule has 0 aromatic carbocycles. The molecule has 1 amide bonds. The van der Waals surface area contributed by atoms with Crippen LogP contribution in [0.15, 0.2) is 6.20 Å². The number of aryl methyl sites for hydroxylation is 1. The van der Waals surface area contributed by atoms with Crippen molar-refractivity contribution in [3.63, 3.8) is 0 Å². The first kappa shape index (κ1) is 11.7. The van der Waals surface area contributed by atoms with Crippen molar-refractivity contribution in [2.45, 2.75) is 0 Å². The van der Waals surface area contributed by atoms with E-state index in [0.717, 1.165) is 0 Å². The van der Waals surface area contributed by atoms with Gasteiger partial charge in [-0.05, 0) is 0 Å². The molecule has 0 fully saturated rings. The molecular weight excluding hydrogens is 216 g/mol. The van der Waals surface area contributed by atoms with Gasteiger partial charge in [0.05, 0.1) is 5.69 Å². The first-order chi connectivity index (χ1) is 7.00. The maximum absolute atomic E-state index is 11.5. The van der Waals surface area contributed by atoms with Crippen LogP contribution in [0, 0.1) is 0 Å². The second-order valence-corrected chi connectivity index (χ2v) is 4.69. The number of amides is 1. The van der Waals surface area contributed by atoms with Gasteiger partial charge in [0.25, 0.3) is 5.91 Å². The van der Waals surface area contributed by atoms with Crippen molar-refractivity contribution in [1.29, 1.82) is 0 Å². The summed E-state index contributed by atoms with van der Waals surface area (Å²) in [5.41, 5.74) is 6.12. The molecule has 1 unspecified atom stereocenters. The zero-order valence-corrected chi connectivity index (χ0v) is 9.50. The average molecular weight is 230 g/mol. The molecule has 7 heteroatoms. The molecule has 0 spiro atoms. The van der Waals surface area contributed by atoms with Crippen molar-refractivity contribution >= 4 is 22.4 Å². The van der Waals surface area contributed by atoms with E-state index in [1.54, 1.807) is 19.5 Å². The molecule has 0 aliphatic heterocycles. The Balaban J connectivity index is 2.54. The Morgan fingerprint density at radius 2 is 2.40 bits per heavy atom. The fourth-order valence-corrected chi connectivity index (χ4v) is 1.46. The Labute approximate surface area is 90.3 Å². The number of anilines is 1. The van der Waals surface area contributed by atoms with Crippen molar-refractivity contribution < 1.29 is 9.00 Å². The summed E-state index contributed by atoms with van der Waals surface area (Å²) in [5.74, 6) is 0.0944. The Hall–Kier alpha value is -1.37. The summed E-state index contributed by atoms with van der Waals surface area (Å²) in [6, 6.07) is 0. The van der Waals surface area contributed by atoms with E-state index >= 15 is 0 Å². The number of nitrogen functional groups attached to an aromatic ring is 1. The Kier molecular flexibility index (Phi) is 3.84. The van der Waals surface area contributed by atoms with Gasteiger partial charge in [0, 0.05) is 42.6 Å². The van der Waals surface area contributed by atoms with Crippen LogP contribution in [0.2, 0.25) is 0 Å². The smallest absolute Gasteiger partial charge is 0.273 e. The van der Waals surface area contributed by atoms with Crippen LogP contribution in [0.5, 0.6) is 0 Å². The molecule has 1 atom stereocenters. The Morgan fingerprint density at radius 3 is 2.87 bits per heavy atom. The fraction of sp³-hybridized carbons (Fsp3) is 0.500. The molecule has 1 aromatic rings. The maximum atomic E-state index is 11.5. The predicted molar refractivity (Wildman–Crippen MR) is 58.9 cm³/mol. The first-order valence-corrected chi connectivity index (χ1v) is 6.10. The van der Waals surface area contributed by atoms with Crippen molar-refractivity contribution in [2.24, 2.45) is 7.05 Å². The number of rotatable bonds is 4. The highest BCUT2D eigenvalue weighted by Gasteiger charge is 2.12. The van der Waals surface area contributed by atoms with Gasteiger partial charge in [-0.3, -0.25) is 13.7 Å². The summed E-state index contributed by atoms with van der Waals surface area (Å²) < 4.78 is 12.2. The highest BCUT2D eigenvalue weighted by molar-refractivity contribution is 7.84. The van der Waals surface area contributed by atoms with E-state index in [2.05, 4.69) is 10.4 Å². The molecule has 0 saturated carbocycles. The van der Waals surface area contributed by atoms with Crippen LogP contribution >= 0.6 is 0 Å². The molecule has 1 aromatic heterocycles. The van der Waals surface area contributed by atoms with Crippen LogP contribution in [0.1, 0.15) is 10.5 Å². The van der Waals surface area contributed by atoms with Gasteiger partial charge < -0.3 is 11.1 Å². The van der Waals surface area contributed by atoms with Crippen molar-refractivity contribution in [3.05, 3.63) is 11.9 Å². The normalized spacial score (nSPS) is 12.4. The number of nitrogens with zero attached hydrogens (tertiary/aromatic N) is 2. The van der Waals surface area contributed by atoms with Gasteiger partial charge in [-0.15, -0.1) is 0 Å². The molecule has 84 valence electrons. The number of nitrogens with one attached hydrogen (secondary N) is 1. The molecule has 0 aliphatic rings. The van der Waals surface area contributed by atoms with Crippen molar-refractivity contribution in [2.75, 3.05) is 24.3 Å². The lowest BCUT2D eigenvalue weighted by molar-refractivity contribution is 0.0951. The monoisotopic (exact) mass is 230 g/mol. The van der Waals surface area contributed by atoms with Gasteiger partial charge >= 0.3 is 0 Å². The molecule has 6 nitrogen and oxygen atoms in total. The van der Waals surface area contributed by atoms with Crippen LogP contribution in [0.4, 0.5) is 5.69 Å². The van der Waals surface area contributed by atoms with E-state index < -0.39 is 10.8 Å². The van der Waals surface area contributed by atoms with Gasteiger partial charge in [0.1, 0.15) is 0 Å². The van der Waals surface area contributed by atoms with Gasteiger partial charge in [-0.1, -0.05) is 0 Å². The first-order valence-electron chi connectivity index (χ1n) is 4.38. The summed E-state index contributed by atoms with van der Waals surface area (Å²) >= 11 is 0. The van der Waals surface area contributed by atoms with Crippen molar-refractivity contribution in [1.82, 2.24) is 15.1 Å². The molecule has 0 saturated heterocycles. The maximum Gasteiger partial charge on any atom is 0.273 e. The van der Waals surface area contributed by atoms with E-state index in [0.29, 0.717) is 18.0 Å². The van der Waals surface area contributed by atoms with Crippen LogP contribution in [-0.2, 0) is 17.8 Å². The number of carbonyl (C=O) groups is 1. The van der Waals surface area contributed by atoms with E-state index in [4.69, 9.17) is 5.73 Å². The van der Waals surface area contributed by atoms with Gasteiger partial charge in [-0.25, -0.2) is 0 Å². The summed E-state index contributed by atoms with van der Waals surface area (Å²) in [6.07, 6.45) is 3.15. The van der Waals surface area contributed by atoms with Gasteiger partial charge in [0.15, 0.2) is 5.69 Å². The molecule has 3 N–H and O–H groups in total. The molecule has 0 radical (unpaired) electrons. The number of hydrogen-bond donors (Lipinski definition) is 2. The summed E-state index contributed by atoms with van der Waals surface area (Å²) in [6.45, 7) is 0.359. The number of aromatic nitrogens is 2. The highest BCUT2D eigenvalue weighted by atomic mass is 32.2. The second-order valence-electron chi connectivity index (χ2n) is 3.14. The second kappa shape index (κ2) is 4.92. The number of nitrogens with two attached hydrogens (primary N) is 1. The summed E-state index contributed by atoms with van der Waals surface area (Å²) in [4.78, 5) is 11.5. The van der Waals surface area contributed by atoms with E-state index in [-0.39, 0.29) is 11.6 Å². The lowest BCUT2D eigenvalue weighted by Crippen LogP contribution is -2.28. The largest absolute Gasteiger partial charge is 0.396 e. The molecule has 1 rings (SSSR count). The summed E-state index contributed by atoms with van der Waals surface area (Å²) in [5, 5.41) is 6.51. The minimum absolute atomic E-state index is 0.208. The highest BCUT2D eigenvalue weighted by Crippen LogP contribution is 2.06. The van der Waals surface area contributed by atoms with E-state index in [1.807, 2.05) is 0 Å². The number of hydrogen-bond acceptors (Lipinski definition) is 4. The van der Waals surface area contributed by atoms with E-state index in [9.17, 15) is 9.00 Å². The third kappa shape index (κ3) is 3.35. The van der Waals surface area contributed by atoms with Crippen molar-refractivity contribution in [3.8, 4) is 0 Å². The third-order valence-electron chi connectivity index (χ3n) is 1.75. The SMILES string of the molecule is Cn1cc(N)c(C(=O)NCCS(C)=O)n1. The molecule has 1 heterocycles. The molecule has 0 aliphatic carbocycles. The average Bonchev–Trinajstić information content (AvgIpc) is 2.44. The van der Waals surface area contributed by atoms with E-state index in [1.165, 1.54) is 4.68 Å². The lowest BCUT2D eigenvalue weighted by atomic mass is 10.3. The minimum atomic E-state index is -0.910. The zero-order chi connectivity index (χ0) is 11.4. The van der Waals surface area contributed by atoms with Crippen LogP contribution < -0.4 is 11.1 Å². The van der Waals surface area contributed by atoms with Gasteiger partial charge in [-0.2, -0.15) is 5.10 Å². The van der Waals surface area contributed by atoms with Gasteiger partial charge in [0.2, 0.25) is 0 Å². The quantitative estimate of drug-likeness (QED) is 0.702. The zero-order valence-electron chi connectivity index (χ0n) is 8.69. The Morgan fingerprint density at radius 1 is 1.73 bits per heavy atom. The predicted octanol–water partition coefficient (Wildman–Crippen LogP) is -0.889. The molecule has 15 heavy (non-hydrogen) atoms.